The van der Waals surface area contributed by atoms with Crippen LogP contribution in [0.5, 0.6) is 0 Å². The van der Waals surface area contributed by atoms with Crippen LogP contribution in [0.4, 0.5) is 0 Å². The van der Waals surface area contributed by atoms with Crippen LogP contribution < -0.4 is 11.5 Å². The van der Waals surface area contributed by atoms with E-state index in [0.29, 0.717) is 19.4 Å². The van der Waals surface area contributed by atoms with Crippen LogP contribution in [-0.4, -0.2) is 54.9 Å². The second-order valence-corrected chi connectivity index (χ2v) is 8.20. The summed E-state index contributed by atoms with van der Waals surface area (Å²) in [6.07, 6.45) is 2.97. The second-order valence-electron chi connectivity index (χ2n) is 5.97. The van der Waals surface area contributed by atoms with Crippen molar-refractivity contribution in [1.82, 2.24) is 4.90 Å². The Bertz CT molecular complexity index is 465. The number of nitrogens with two attached hydrogens (primary N) is 2. The topological polar surface area (TPSA) is 106 Å². The molecule has 1 aliphatic heterocycles. The molecular weight excluding hydrogens is 266 g/mol. The Morgan fingerprint density at radius 2 is 2.11 bits per heavy atom. The van der Waals surface area contributed by atoms with E-state index in [-0.39, 0.29) is 23.6 Å². The molecule has 110 valence electrons. The van der Waals surface area contributed by atoms with Gasteiger partial charge in [-0.15, -0.1) is 0 Å². The van der Waals surface area contributed by atoms with Crippen molar-refractivity contribution in [2.24, 2.45) is 11.5 Å². The Morgan fingerprint density at radius 1 is 1.42 bits per heavy atom. The Balaban J connectivity index is 2.08. The summed E-state index contributed by atoms with van der Waals surface area (Å²) in [6.45, 7) is 2.46. The average molecular weight is 289 g/mol. The van der Waals surface area contributed by atoms with Crippen molar-refractivity contribution in [3.05, 3.63) is 0 Å². The highest BCUT2D eigenvalue weighted by atomic mass is 32.2. The number of hydrogen-bond donors (Lipinski definition) is 2. The summed E-state index contributed by atoms with van der Waals surface area (Å²) in [4.78, 5) is 13.7. The highest BCUT2D eigenvalue weighted by molar-refractivity contribution is 7.91. The summed E-state index contributed by atoms with van der Waals surface area (Å²) >= 11 is 0. The fourth-order valence-electron chi connectivity index (χ4n) is 3.34. The highest BCUT2D eigenvalue weighted by Gasteiger charge is 2.42. The van der Waals surface area contributed by atoms with Gasteiger partial charge in [0.1, 0.15) is 0 Å². The third kappa shape index (κ3) is 3.09. The van der Waals surface area contributed by atoms with Crippen LogP contribution in [-0.2, 0) is 14.6 Å². The molecule has 4 N–H and O–H groups in total. The van der Waals surface area contributed by atoms with Gasteiger partial charge >= 0.3 is 0 Å². The fraction of sp³-hybridized carbons (Fsp3) is 0.917. The zero-order valence-corrected chi connectivity index (χ0v) is 12.2. The molecule has 2 aliphatic rings. The molecule has 3 atom stereocenters. The van der Waals surface area contributed by atoms with Gasteiger partial charge < -0.3 is 11.5 Å². The lowest BCUT2D eigenvalue weighted by atomic mass is 9.78. The number of amides is 1. The van der Waals surface area contributed by atoms with E-state index >= 15 is 0 Å². The van der Waals surface area contributed by atoms with Crippen molar-refractivity contribution in [2.75, 3.05) is 18.1 Å². The summed E-state index contributed by atoms with van der Waals surface area (Å²) < 4.78 is 23.2. The first-order chi connectivity index (χ1) is 8.73. The van der Waals surface area contributed by atoms with Gasteiger partial charge in [-0.2, -0.15) is 0 Å². The van der Waals surface area contributed by atoms with E-state index in [1.165, 1.54) is 0 Å². The van der Waals surface area contributed by atoms with Gasteiger partial charge in [-0.1, -0.05) is 0 Å². The Labute approximate surface area is 114 Å². The van der Waals surface area contributed by atoms with Crippen LogP contribution in [0.15, 0.2) is 0 Å². The maximum atomic E-state index is 11.6. The van der Waals surface area contributed by atoms with Crippen molar-refractivity contribution in [3.63, 3.8) is 0 Å². The molecule has 1 heterocycles. The molecule has 6 nitrogen and oxygen atoms in total. The van der Waals surface area contributed by atoms with E-state index in [9.17, 15) is 13.2 Å². The normalized spacial score (nSPS) is 39.9. The van der Waals surface area contributed by atoms with Gasteiger partial charge in [-0.3, -0.25) is 9.69 Å². The van der Waals surface area contributed by atoms with Gasteiger partial charge in [0.25, 0.3) is 0 Å². The molecule has 0 spiro atoms. The quantitative estimate of drug-likeness (QED) is 0.694. The molecule has 0 bridgehead atoms. The summed E-state index contributed by atoms with van der Waals surface area (Å²) in [5.41, 5.74) is 10.5. The number of primary amides is 1. The molecule has 2 fully saturated rings. The average Bonchev–Trinajstić information content (AvgIpc) is 2.27. The minimum atomic E-state index is -2.91. The summed E-state index contributed by atoms with van der Waals surface area (Å²) in [5.74, 6) is -0.0610. The molecule has 3 unspecified atom stereocenters. The van der Waals surface area contributed by atoms with Crippen LogP contribution in [0, 0.1) is 0 Å². The maximum absolute atomic E-state index is 11.6. The molecule has 19 heavy (non-hydrogen) atoms. The van der Waals surface area contributed by atoms with Crippen LogP contribution in [0.1, 0.15) is 32.6 Å². The largest absolute Gasteiger partial charge is 0.368 e. The minimum Gasteiger partial charge on any atom is -0.368 e. The summed E-state index contributed by atoms with van der Waals surface area (Å²) in [6, 6.07) is 0.149. The zero-order chi connectivity index (χ0) is 14.3. The lowest BCUT2D eigenvalue weighted by molar-refractivity contribution is -0.125. The zero-order valence-electron chi connectivity index (χ0n) is 11.3. The van der Waals surface area contributed by atoms with Crippen molar-refractivity contribution >= 4 is 15.7 Å². The van der Waals surface area contributed by atoms with Gasteiger partial charge in [-0.05, 0) is 32.6 Å². The Hall–Kier alpha value is -0.660. The Morgan fingerprint density at radius 3 is 2.68 bits per heavy atom. The van der Waals surface area contributed by atoms with Gasteiger partial charge in [0.05, 0.1) is 17.0 Å². The number of sulfone groups is 1. The molecular formula is C12H23N3O3S. The second kappa shape index (κ2) is 5.03. The van der Waals surface area contributed by atoms with E-state index in [2.05, 4.69) is 4.90 Å². The van der Waals surface area contributed by atoms with Crippen LogP contribution in [0.25, 0.3) is 0 Å². The number of rotatable bonds is 2. The monoisotopic (exact) mass is 289 g/mol. The van der Waals surface area contributed by atoms with Crippen molar-refractivity contribution < 1.29 is 13.2 Å². The first kappa shape index (κ1) is 14.7. The smallest absolute Gasteiger partial charge is 0.237 e. The number of hydrogen-bond acceptors (Lipinski definition) is 5. The molecule has 1 saturated heterocycles. The fourth-order valence-corrected chi connectivity index (χ4v) is 4.92. The van der Waals surface area contributed by atoms with Gasteiger partial charge in [0, 0.05) is 18.6 Å². The standard InChI is InChI=1S/C12H23N3O3S/c1-9-8-19(17,18)6-5-15(9)10-3-2-4-12(14,7-10)11(13)16/h9-10H,2-8,14H2,1H3,(H2,13,16). The first-order valence-corrected chi connectivity index (χ1v) is 8.61. The van der Waals surface area contributed by atoms with Crippen molar-refractivity contribution in [2.45, 2.75) is 50.2 Å². The summed E-state index contributed by atoms with van der Waals surface area (Å²) in [5, 5.41) is 0. The molecule has 0 aromatic rings. The third-order valence-electron chi connectivity index (χ3n) is 4.44. The predicted molar refractivity (Wildman–Crippen MR) is 73.2 cm³/mol. The molecule has 1 saturated carbocycles. The third-order valence-corrected chi connectivity index (χ3v) is 6.24. The van der Waals surface area contributed by atoms with Crippen LogP contribution in [0.3, 0.4) is 0 Å². The molecule has 0 aromatic carbocycles. The van der Waals surface area contributed by atoms with Gasteiger partial charge in [0.2, 0.25) is 5.91 Å². The lowest BCUT2D eigenvalue weighted by Crippen LogP contribution is -2.61. The summed E-state index contributed by atoms with van der Waals surface area (Å²) in [7, 11) is -2.91. The maximum Gasteiger partial charge on any atom is 0.237 e. The van der Waals surface area contributed by atoms with Crippen LogP contribution in [0.2, 0.25) is 0 Å². The molecule has 2 rings (SSSR count). The van der Waals surface area contributed by atoms with Crippen molar-refractivity contribution in [1.29, 1.82) is 0 Å². The number of nitrogens with zero attached hydrogens (tertiary/aromatic N) is 1. The molecule has 1 aliphatic carbocycles. The number of carbonyl (C=O) groups is 1. The van der Waals surface area contributed by atoms with E-state index < -0.39 is 21.3 Å². The highest BCUT2D eigenvalue weighted by Crippen LogP contribution is 2.31. The number of carbonyl (C=O) groups excluding carboxylic acids is 1. The van der Waals surface area contributed by atoms with Crippen molar-refractivity contribution in [3.8, 4) is 0 Å². The van der Waals surface area contributed by atoms with E-state index in [1.54, 1.807) is 0 Å². The van der Waals surface area contributed by atoms with Gasteiger partial charge in [0.15, 0.2) is 9.84 Å². The van der Waals surface area contributed by atoms with E-state index in [1.807, 2.05) is 6.92 Å². The molecule has 0 radical (unpaired) electrons. The molecule has 7 heteroatoms. The predicted octanol–water partition coefficient (Wildman–Crippen LogP) is -0.769. The molecule has 0 aromatic heterocycles. The van der Waals surface area contributed by atoms with E-state index in [0.717, 1.165) is 12.8 Å². The van der Waals surface area contributed by atoms with E-state index in [4.69, 9.17) is 11.5 Å². The Kier molecular flexibility index (Phi) is 3.90. The lowest BCUT2D eigenvalue weighted by Gasteiger charge is -2.45. The van der Waals surface area contributed by atoms with Gasteiger partial charge in [-0.25, -0.2) is 8.42 Å². The van der Waals surface area contributed by atoms with Crippen LogP contribution >= 0.6 is 0 Å². The first-order valence-electron chi connectivity index (χ1n) is 6.78. The minimum absolute atomic E-state index is 0.0148. The molecule has 1 amide bonds. The SMILES string of the molecule is CC1CS(=O)(=O)CCN1C1CCCC(N)(C(N)=O)C1.